The fourth-order valence-electron chi connectivity index (χ4n) is 3.53. The van der Waals surface area contributed by atoms with Crippen LogP contribution in [0.3, 0.4) is 0 Å². The molecular weight excluding hydrogens is 509 g/mol. The van der Waals surface area contributed by atoms with E-state index < -0.39 is 5.97 Å². The number of hydrogen-bond acceptors (Lipinski definition) is 9. The quantitative estimate of drug-likeness (QED) is 0.217. The smallest absolute Gasteiger partial charge is 0.336 e. The normalized spacial score (nSPS) is 10.5. The van der Waals surface area contributed by atoms with E-state index in [4.69, 9.17) is 27.6 Å². The Morgan fingerprint density at radius 3 is 2.36 bits per heavy atom. The van der Waals surface area contributed by atoms with Gasteiger partial charge in [0.15, 0.2) is 5.43 Å². The average Bonchev–Trinajstić information content (AvgIpc) is 2.86. The maximum Gasteiger partial charge on any atom is 0.336 e. The molecule has 1 aliphatic heterocycles. The third-order valence-corrected chi connectivity index (χ3v) is 5.35. The molecule has 180 valence electrons. The summed E-state index contributed by atoms with van der Waals surface area (Å²) < 4.78 is 5.79. The maximum atomic E-state index is 11.7. The molecule has 36 heavy (non-hydrogen) atoms. The Kier molecular flexibility index (Phi) is 7.18. The second-order valence-electron chi connectivity index (χ2n) is 7.20. The summed E-state index contributed by atoms with van der Waals surface area (Å²) in [7, 11) is 1.67. The van der Waals surface area contributed by atoms with Gasteiger partial charge in [0, 0.05) is 35.7 Å². The predicted molar refractivity (Wildman–Crippen MR) is 136 cm³/mol. The fraction of sp³-hybridized carbons (Fsp3) is 0.0417. The summed E-state index contributed by atoms with van der Waals surface area (Å²) in [5, 5.41) is 15.9. The molecule has 2 heterocycles. The molecule has 0 spiro atoms. The van der Waals surface area contributed by atoms with E-state index in [9.17, 15) is 19.6 Å². The van der Waals surface area contributed by atoms with E-state index in [0.717, 1.165) is 0 Å². The highest BCUT2D eigenvalue weighted by atomic mass is 35.5. The minimum atomic E-state index is -1.06. The van der Waals surface area contributed by atoms with Gasteiger partial charge >= 0.3 is 5.97 Å². The van der Waals surface area contributed by atoms with Crippen LogP contribution in [0.5, 0.6) is 0 Å². The van der Waals surface area contributed by atoms with Gasteiger partial charge in [0.05, 0.1) is 5.56 Å². The molecule has 0 atom stereocenters. The van der Waals surface area contributed by atoms with Crippen molar-refractivity contribution in [1.82, 2.24) is 15.0 Å². The van der Waals surface area contributed by atoms with Crippen molar-refractivity contribution in [3.63, 3.8) is 0 Å². The molecule has 1 aliphatic carbocycles. The number of carboxylic acids is 1. The SMILES string of the molecule is CNc1nc(Cl)nc(Cl)n1.O=Nc1ccc2c(-c3ccccc3C(=O)O)c3ccc(=O)cc-3oc2c1. The molecule has 1 aromatic heterocycles. The zero-order valence-electron chi connectivity index (χ0n) is 18.4. The van der Waals surface area contributed by atoms with E-state index in [2.05, 4.69) is 25.4 Å². The fourth-order valence-corrected chi connectivity index (χ4v) is 3.89. The van der Waals surface area contributed by atoms with Gasteiger partial charge in [-0.1, -0.05) is 18.2 Å². The molecule has 0 bridgehead atoms. The molecule has 12 heteroatoms. The van der Waals surface area contributed by atoms with Crippen molar-refractivity contribution in [1.29, 1.82) is 0 Å². The number of nitrogens with one attached hydrogen (secondary N) is 1. The van der Waals surface area contributed by atoms with Crippen molar-refractivity contribution >= 4 is 51.8 Å². The number of aromatic carboxylic acids is 1. The van der Waals surface area contributed by atoms with Gasteiger partial charge in [-0.15, -0.1) is 4.91 Å². The Morgan fingerprint density at radius 2 is 1.69 bits per heavy atom. The molecule has 2 aromatic carbocycles. The second kappa shape index (κ2) is 10.5. The highest BCUT2D eigenvalue weighted by molar-refractivity contribution is 6.31. The van der Waals surface area contributed by atoms with Gasteiger partial charge in [0.2, 0.25) is 16.5 Å². The predicted octanol–water partition coefficient (Wildman–Crippen LogP) is 5.88. The maximum absolute atomic E-state index is 11.7. The first kappa shape index (κ1) is 24.7. The monoisotopic (exact) mass is 523 g/mol. The van der Waals surface area contributed by atoms with Crippen LogP contribution >= 0.6 is 23.2 Å². The molecule has 2 N–H and O–H groups in total. The average molecular weight is 524 g/mol. The van der Waals surface area contributed by atoms with Crippen LogP contribution < -0.4 is 10.7 Å². The number of benzene rings is 3. The Balaban J connectivity index is 0.000000256. The molecular formula is C24H15Cl2N5O5. The summed E-state index contributed by atoms with van der Waals surface area (Å²) in [5.41, 5.74) is 2.14. The molecule has 0 saturated carbocycles. The number of nitrogens with zero attached hydrogens (tertiary/aromatic N) is 4. The number of hydrogen-bond donors (Lipinski definition) is 2. The van der Waals surface area contributed by atoms with Crippen LogP contribution in [0.1, 0.15) is 10.4 Å². The summed E-state index contributed by atoms with van der Waals surface area (Å²) in [6.45, 7) is 0. The Hall–Kier alpha value is -4.41. The van der Waals surface area contributed by atoms with Gasteiger partial charge in [-0.25, -0.2) is 4.79 Å². The van der Waals surface area contributed by atoms with Crippen LogP contribution in [0.4, 0.5) is 11.6 Å². The van der Waals surface area contributed by atoms with Crippen molar-refractivity contribution < 1.29 is 14.3 Å². The van der Waals surface area contributed by atoms with Gasteiger partial charge in [0.25, 0.3) is 0 Å². The number of carbonyl (C=O) groups is 1. The largest absolute Gasteiger partial charge is 0.478 e. The second-order valence-corrected chi connectivity index (χ2v) is 7.88. The Bertz CT molecular complexity index is 1620. The van der Waals surface area contributed by atoms with Crippen LogP contribution in [0.2, 0.25) is 10.6 Å². The van der Waals surface area contributed by atoms with Gasteiger partial charge in [-0.3, -0.25) is 4.79 Å². The lowest BCUT2D eigenvalue weighted by Crippen LogP contribution is -2.03. The van der Waals surface area contributed by atoms with Gasteiger partial charge in [-0.2, -0.15) is 15.0 Å². The Morgan fingerprint density at radius 1 is 0.972 bits per heavy atom. The molecule has 0 unspecified atom stereocenters. The van der Waals surface area contributed by atoms with E-state index in [0.29, 0.717) is 39.4 Å². The number of aromatic nitrogens is 3. The van der Waals surface area contributed by atoms with E-state index in [1.54, 1.807) is 37.4 Å². The first-order valence-corrected chi connectivity index (χ1v) is 11.0. The number of anilines is 1. The molecule has 5 rings (SSSR count). The standard InChI is InChI=1S/C20H11NO5.C4H4Cl2N4/c22-12-6-8-16-18(10-12)26-17-9-11(21-25)5-7-15(17)19(16)13-3-1-2-4-14(13)20(23)24;1-7-4-9-2(5)8-3(6)10-4/h1-10H,(H,23,24);1H3,(H,7,8,9,10). The summed E-state index contributed by atoms with van der Waals surface area (Å²) in [4.78, 5) is 45.2. The Labute approximate surface area is 212 Å². The summed E-state index contributed by atoms with van der Waals surface area (Å²) in [6.07, 6.45) is 0. The van der Waals surface area contributed by atoms with Crippen molar-refractivity contribution in [2.75, 3.05) is 12.4 Å². The lowest BCUT2D eigenvalue weighted by Gasteiger charge is -2.16. The van der Waals surface area contributed by atoms with Gasteiger partial charge in [-0.05, 0) is 64.3 Å². The lowest BCUT2D eigenvalue weighted by atomic mass is 9.91. The van der Waals surface area contributed by atoms with E-state index in [1.165, 1.54) is 30.3 Å². The third kappa shape index (κ3) is 5.14. The van der Waals surface area contributed by atoms with E-state index in [-0.39, 0.29) is 27.2 Å². The van der Waals surface area contributed by atoms with Crippen LogP contribution in [0, 0.1) is 4.91 Å². The summed E-state index contributed by atoms with van der Waals surface area (Å²) >= 11 is 10.9. The lowest BCUT2D eigenvalue weighted by molar-refractivity contribution is 0.0697. The minimum Gasteiger partial charge on any atom is -0.478 e. The van der Waals surface area contributed by atoms with Gasteiger partial charge < -0.3 is 14.8 Å². The first-order chi connectivity index (χ1) is 17.3. The van der Waals surface area contributed by atoms with E-state index in [1.807, 2.05) is 0 Å². The molecule has 0 amide bonds. The molecule has 10 nitrogen and oxygen atoms in total. The number of rotatable bonds is 4. The van der Waals surface area contributed by atoms with Crippen molar-refractivity contribution in [3.05, 3.63) is 91.9 Å². The van der Waals surface area contributed by atoms with Crippen LogP contribution in [0.15, 0.2) is 75.1 Å². The molecule has 0 radical (unpaired) electrons. The van der Waals surface area contributed by atoms with E-state index >= 15 is 0 Å². The topological polar surface area (TPSA) is 148 Å². The minimum absolute atomic E-state index is 0.0874. The molecule has 0 fully saturated rings. The highest BCUT2D eigenvalue weighted by Crippen LogP contribution is 2.41. The molecule has 3 aromatic rings. The van der Waals surface area contributed by atoms with Crippen molar-refractivity contribution in [3.8, 4) is 22.5 Å². The van der Waals surface area contributed by atoms with Gasteiger partial charge in [0.1, 0.15) is 17.0 Å². The number of carboxylic acid groups (broad SMARTS) is 1. The number of fused-ring (bicyclic) bond motifs is 2. The zero-order chi connectivity index (χ0) is 25.8. The third-order valence-electron chi connectivity index (χ3n) is 5.01. The first-order valence-electron chi connectivity index (χ1n) is 10.2. The number of nitroso groups, excluding NO2 is 1. The van der Waals surface area contributed by atoms with Crippen LogP contribution in [0.25, 0.3) is 33.4 Å². The summed E-state index contributed by atoms with van der Waals surface area (Å²) in [5.74, 6) is -0.387. The van der Waals surface area contributed by atoms with Crippen molar-refractivity contribution in [2.45, 2.75) is 0 Å². The number of halogens is 2. The zero-order valence-corrected chi connectivity index (χ0v) is 19.9. The van der Waals surface area contributed by atoms with Crippen LogP contribution in [-0.4, -0.2) is 33.1 Å². The molecule has 0 saturated heterocycles. The highest BCUT2D eigenvalue weighted by Gasteiger charge is 2.21. The molecule has 2 aliphatic rings. The van der Waals surface area contributed by atoms with Crippen molar-refractivity contribution in [2.24, 2.45) is 5.18 Å². The van der Waals surface area contributed by atoms with Crippen LogP contribution in [-0.2, 0) is 0 Å². The summed E-state index contributed by atoms with van der Waals surface area (Å²) in [6, 6.07) is 15.6.